The first-order chi connectivity index (χ1) is 10.1. The number of nitrogens with one attached hydrogen (secondary N) is 1. The van der Waals surface area contributed by atoms with Crippen molar-refractivity contribution in [3.63, 3.8) is 0 Å². The van der Waals surface area contributed by atoms with E-state index in [0.29, 0.717) is 11.3 Å². The first kappa shape index (κ1) is 15.1. The van der Waals surface area contributed by atoms with Gasteiger partial charge in [-0.05, 0) is 38.1 Å². The third-order valence-corrected chi connectivity index (χ3v) is 3.95. The molecule has 0 saturated carbocycles. The molecule has 0 saturated heterocycles. The second-order valence-corrected chi connectivity index (χ2v) is 5.65. The van der Waals surface area contributed by atoms with Gasteiger partial charge in [-0.15, -0.1) is 10.2 Å². The Morgan fingerprint density at radius 2 is 2.19 bits per heavy atom. The van der Waals surface area contributed by atoms with E-state index in [4.69, 9.17) is 5.26 Å². The summed E-state index contributed by atoms with van der Waals surface area (Å²) < 4.78 is 1.89. The molecule has 0 bridgehead atoms. The van der Waals surface area contributed by atoms with Crippen LogP contribution in [0.5, 0.6) is 0 Å². The maximum absolute atomic E-state index is 12.1. The van der Waals surface area contributed by atoms with E-state index in [1.165, 1.54) is 11.8 Å². The van der Waals surface area contributed by atoms with Gasteiger partial charge < -0.3 is 9.88 Å². The van der Waals surface area contributed by atoms with Crippen LogP contribution in [0.2, 0.25) is 0 Å². The standard InChI is InChI=1S/C14H15N5OS/c1-3-19-9-16-18-14(19)21-10(2)13(20)17-12-6-4-11(8-15)5-7-12/h4-7,9-10H,3H2,1-2H3,(H,17,20)/t10-/m1/s1. The zero-order valence-electron chi connectivity index (χ0n) is 11.8. The first-order valence-electron chi connectivity index (χ1n) is 6.49. The van der Waals surface area contributed by atoms with E-state index in [1.807, 2.05) is 24.5 Å². The summed E-state index contributed by atoms with van der Waals surface area (Å²) in [6.45, 7) is 4.58. The van der Waals surface area contributed by atoms with Gasteiger partial charge in [-0.1, -0.05) is 11.8 Å². The Labute approximate surface area is 127 Å². The predicted octanol–water partition coefficient (Wildman–Crippen LogP) is 2.29. The molecule has 1 atom stereocenters. The van der Waals surface area contributed by atoms with Gasteiger partial charge in [0, 0.05) is 12.2 Å². The zero-order chi connectivity index (χ0) is 15.2. The number of nitriles is 1. The van der Waals surface area contributed by atoms with Crippen LogP contribution in [0.25, 0.3) is 0 Å². The van der Waals surface area contributed by atoms with Gasteiger partial charge >= 0.3 is 0 Å². The van der Waals surface area contributed by atoms with E-state index < -0.39 is 0 Å². The summed E-state index contributed by atoms with van der Waals surface area (Å²) in [4.78, 5) is 12.1. The van der Waals surface area contributed by atoms with Gasteiger partial charge in [-0.25, -0.2) is 0 Å². The number of nitrogens with zero attached hydrogens (tertiary/aromatic N) is 4. The average Bonchev–Trinajstić information content (AvgIpc) is 2.95. The molecule has 0 aliphatic heterocycles. The molecule has 1 aromatic heterocycles. The molecule has 108 valence electrons. The molecule has 7 heteroatoms. The van der Waals surface area contributed by atoms with Crippen LogP contribution in [0.1, 0.15) is 19.4 Å². The van der Waals surface area contributed by atoms with Gasteiger partial charge in [0.05, 0.1) is 16.9 Å². The first-order valence-corrected chi connectivity index (χ1v) is 7.37. The van der Waals surface area contributed by atoms with Gasteiger partial charge in [0.25, 0.3) is 0 Å². The second-order valence-electron chi connectivity index (χ2n) is 4.34. The maximum Gasteiger partial charge on any atom is 0.237 e. The number of aryl methyl sites for hydroxylation is 1. The molecule has 0 aliphatic rings. The van der Waals surface area contributed by atoms with Crippen molar-refractivity contribution >= 4 is 23.4 Å². The quantitative estimate of drug-likeness (QED) is 0.857. The van der Waals surface area contributed by atoms with E-state index in [-0.39, 0.29) is 11.2 Å². The van der Waals surface area contributed by atoms with Crippen molar-refractivity contribution in [1.82, 2.24) is 14.8 Å². The lowest BCUT2D eigenvalue weighted by molar-refractivity contribution is -0.115. The SMILES string of the molecule is CCn1cnnc1S[C@H](C)C(=O)Nc1ccc(C#N)cc1. The van der Waals surface area contributed by atoms with E-state index in [2.05, 4.69) is 15.5 Å². The highest BCUT2D eigenvalue weighted by atomic mass is 32.2. The molecular formula is C14H15N5OS. The number of anilines is 1. The van der Waals surface area contributed by atoms with Gasteiger partial charge in [-0.2, -0.15) is 5.26 Å². The van der Waals surface area contributed by atoms with Crippen molar-refractivity contribution in [3.8, 4) is 6.07 Å². The van der Waals surface area contributed by atoms with Crippen LogP contribution in [0.3, 0.4) is 0 Å². The predicted molar refractivity (Wildman–Crippen MR) is 80.8 cm³/mol. The number of aromatic nitrogens is 3. The maximum atomic E-state index is 12.1. The Morgan fingerprint density at radius 1 is 1.48 bits per heavy atom. The third-order valence-electron chi connectivity index (χ3n) is 2.85. The normalized spacial score (nSPS) is 11.7. The monoisotopic (exact) mass is 301 g/mol. The molecular weight excluding hydrogens is 286 g/mol. The number of benzene rings is 1. The summed E-state index contributed by atoms with van der Waals surface area (Å²) in [6, 6.07) is 8.79. The lowest BCUT2D eigenvalue weighted by Gasteiger charge is -2.11. The second kappa shape index (κ2) is 6.90. The Kier molecular flexibility index (Phi) is 4.95. The van der Waals surface area contributed by atoms with Crippen molar-refractivity contribution in [2.24, 2.45) is 0 Å². The van der Waals surface area contributed by atoms with Crippen LogP contribution in [0.15, 0.2) is 35.7 Å². The largest absolute Gasteiger partial charge is 0.325 e. The van der Waals surface area contributed by atoms with Crippen molar-refractivity contribution in [3.05, 3.63) is 36.2 Å². The lowest BCUT2D eigenvalue weighted by Crippen LogP contribution is -2.22. The van der Waals surface area contributed by atoms with Crippen LogP contribution in [0.4, 0.5) is 5.69 Å². The highest BCUT2D eigenvalue weighted by molar-refractivity contribution is 8.00. The van der Waals surface area contributed by atoms with Crippen LogP contribution in [-0.2, 0) is 11.3 Å². The molecule has 6 nitrogen and oxygen atoms in total. The van der Waals surface area contributed by atoms with E-state index >= 15 is 0 Å². The number of rotatable bonds is 5. The minimum Gasteiger partial charge on any atom is -0.325 e. The minimum absolute atomic E-state index is 0.115. The van der Waals surface area contributed by atoms with E-state index in [1.54, 1.807) is 30.6 Å². The topological polar surface area (TPSA) is 83.6 Å². The fraction of sp³-hybridized carbons (Fsp3) is 0.286. The smallest absolute Gasteiger partial charge is 0.237 e. The molecule has 2 rings (SSSR count). The Hall–Kier alpha value is -2.33. The number of hydrogen-bond donors (Lipinski definition) is 1. The zero-order valence-corrected chi connectivity index (χ0v) is 12.6. The third kappa shape index (κ3) is 3.83. The van der Waals surface area contributed by atoms with Crippen molar-refractivity contribution in [1.29, 1.82) is 5.26 Å². The number of thioether (sulfide) groups is 1. The summed E-state index contributed by atoms with van der Waals surface area (Å²) >= 11 is 1.36. The van der Waals surface area contributed by atoms with Crippen LogP contribution in [0, 0.1) is 11.3 Å². The molecule has 0 fully saturated rings. The fourth-order valence-electron chi connectivity index (χ4n) is 1.64. The number of carbonyl (C=O) groups is 1. The molecule has 0 aliphatic carbocycles. The lowest BCUT2D eigenvalue weighted by atomic mass is 10.2. The minimum atomic E-state index is -0.296. The fourth-order valence-corrected chi connectivity index (χ4v) is 2.52. The van der Waals surface area contributed by atoms with Crippen LogP contribution < -0.4 is 5.32 Å². The highest BCUT2D eigenvalue weighted by Crippen LogP contribution is 2.22. The summed E-state index contributed by atoms with van der Waals surface area (Å²) in [6.07, 6.45) is 1.65. The van der Waals surface area contributed by atoms with Gasteiger partial charge in [0.2, 0.25) is 5.91 Å². The molecule has 1 heterocycles. The molecule has 1 amide bonds. The highest BCUT2D eigenvalue weighted by Gasteiger charge is 2.17. The molecule has 21 heavy (non-hydrogen) atoms. The Bertz CT molecular complexity index is 659. The summed E-state index contributed by atoms with van der Waals surface area (Å²) in [5.74, 6) is -0.115. The van der Waals surface area contributed by atoms with Crippen LogP contribution >= 0.6 is 11.8 Å². The van der Waals surface area contributed by atoms with Crippen molar-refractivity contribution < 1.29 is 4.79 Å². The molecule has 0 radical (unpaired) electrons. The summed E-state index contributed by atoms with van der Waals surface area (Å²) in [5.41, 5.74) is 1.23. The van der Waals surface area contributed by atoms with Gasteiger partial charge in [0.15, 0.2) is 5.16 Å². The molecule has 0 spiro atoms. The van der Waals surface area contributed by atoms with Crippen molar-refractivity contribution in [2.45, 2.75) is 30.8 Å². The Morgan fingerprint density at radius 3 is 2.81 bits per heavy atom. The van der Waals surface area contributed by atoms with E-state index in [0.717, 1.165) is 11.7 Å². The number of carbonyl (C=O) groups excluding carboxylic acids is 1. The molecule has 2 aromatic rings. The molecule has 1 aromatic carbocycles. The number of hydrogen-bond acceptors (Lipinski definition) is 5. The molecule has 0 unspecified atom stereocenters. The van der Waals surface area contributed by atoms with Crippen molar-refractivity contribution in [2.75, 3.05) is 5.32 Å². The van der Waals surface area contributed by atoms with Gasteiger partial charge in [-0.3, -0.25) is 4.79 Å². The van der Waals surface area contributed by atoms with Gasteiger partial charge in [0.1, 0.15) is 6.33 Å². The summed E-state index contributed by atoms with van der Waals surface area (Å²) in [7, 11) is 0. The molecule has 1 N–H and O–H groups in total. The van der Waals surface area contributed by atoms with E-state index in [9.17, 15) is 4.79 Å². The average molecular weight is 301 g/mol. The summed E-state index contributed by atoms with van der Waals surface area (Å²) in [5, 5.41) is 19.8. The number of amides is 1. The van der Waals surface area contributed by atoms with Crippen LogP contribution in [-0.4, -0.2) is 25.9 Å². The Balaban J connectivity index is 1.97.